The van der Waals surface area contributed by atoms with Gasteiger partial charge >= 0.3 is 0 Å². The van der Waals surface area contributed by atoms with E-state index in [-0.39, 0.29) is 6.61 Å². The Morgan fingerprint density at radius 2 is 2.00 bits per heavy atom. The van der Waals surface area contributed by atoms with E-state index in [0.29, 0.717) is 24.7 Å². The van der Waals surface area contributed by atoms with E-state index >= 15 is 0 Å². The van der Waals surface area contributed by atoms with E-state index in [4.69, 9.17) is 9.84 Å². The van der Waals surface area contributed by atoms with Crippen molar-refractivity contribution in [1.82, 2.24) is 19.7 Å². The maximum atomic E-state index is 8.90. The van der Waals surface area contributed by atoms with Crippen LogP contribution in [-0.2, 0) is 7.05 Å². The van der Waals surface area contributed by atoms with E-state index in [2.05, 4.69) is 25.7 Å². The standard InChI is InChI=1S/C16H20N6O2/c1-22-15-13(10-18-22)14(20-16(21-15)17-8-3-9-23)19-11-4-6-12(24-2)7-5-11/h4-7,10,23H,3,8-9H2,1-2H3,(H2,17,19,20,21). The average Bonchev–Trinajstić information content (AvgIpc) is 2.97. The van der Waals surface area contributed by atoms with Crippen LogP contribution in [0, 0.1) is 0 Å². The van der Waals surface area contributed by atoms with Gasteiger partial charge in [0.15, 0.2) is 5.65 Å². The molecule has 0 fully saturated rings. The minimum atomic E-state index is 0.123. The fraction of sp³-hybridized carbons (Fsp3) is 0.312. The number of anilines is 3. The number of nitrogens with zero attached hydrogens (tertiary/aromatic N) is 4. The Bertz CT molecular complexity index is 815. The monoisotopic (exact) mass is 328 g/mol. The number of ether oxygens (including phenoxy) is 1. The van der Waals surface area contributed by atoms with Gasteiger partial charge < -0.3 is 20.5 Å². The molecule has 24 heavy (non-hydrogen) atoms. The van der Waals surface area contributed by atoms with Crippen molar-refractivity contribution in [1.29, 1.82) is 0 Å². The molecule has 2 heterocycles. The molecule has 0 spiro atoms. The molecule has 2 aromatic heterocycles. The van der Waals surface area contributed by atoms with Gasteiger partial charge in [0.05, 0.1) is 18.7 Å². The molecule has 0 bridgehead atoms. The smallest absolute Gasteiger partial charge is 0.226 e. The third-order valence-electron chi connectivity index (χ3n) is 3.56. The van der Waals surface area contributed by atoms with Gasteiger partial charge in [-0.3, -0.25) is 4.68 Å². The van der Waals surface area contributed by atoms with Gasteiger partial charge in [0.25, 0.3) is 0 Å². The number of hydrogen-bond donors (Lipinski definition) is 3. The second-order valence-electron chi connectivity index (χ2n) is 5.26. The average molecular weight is 328 g/mol. The van der Waals surface area contributed by atoms with E-state index in [1.54, 1.807) is 18.0 Å². The first-order valence-electron chi connectivity index (χ1n) is 7.67. The Morgan fingerprint density at radius 3 is 2.71 bits per heavy atom. The summed E-state index contributed by atoms with van der Waals surface area (Å²) in [5.41, 5.74) is 1.62. The van der Waals surface area contributed by atoms with Crippen LogP contribution in [0.15, 0.2) is 30.5 Å². The molecule has 0 amide bonds. The van der Waals surface area contributed by atoms with E-state index in [0.717, 1.165) is 22.5 Å². The summed E-state index contributed by atoms with van der Waals surface area (Å²) in [6.07, 6.45) is 2.37. The molecule has 0 saturated carbocycles. The van der Waals surface area contributed by atoms with Gasteiger partial charge in [-0.05, 0) is 30.7 Å². The van der Waals surface area contributed by atoms with Crippen molar-refractivity contribution < 1.29 is 9.84 Å². The van der Waals surface area contributed by atoms with Gasteiger partial charge in [-0.25, -0.2) is 0 Å². The van der Waals surface area contributed by atoms with Gasteiger partial charge in [0.2, 0.25) is 5.95 Å². The first-order valence-corrected chi connectivity index (χ1v) is 7.67. The normalized spacial score (nSPS) is 10.8. The number of aryl methyl sites for hydroxylation is 1. The molecule has 0 saturated heterocycles. The zero-order valence-corrected chi connectivity index (χ0v) is 13.7. The fourth-order valence-corrected chi connectivity index (χ4v) is 2.29. The van der Waals surface area contributed by atoms with Crippen molar-refractivity contribution in [2.45, 2.75) is 6.42 Å². The second-order valence-corrected chi connectivity index (χ2v) is 5.26. The lowest BCUT2D eigenvalue weighted by Gasteiger charge is -2.10. The molecule has 3 rings (SSSR count). The van der Waals surface area contributed by atoms with E-state index < -0.39 is 0 Å². The topological polar surface area (TPSA) is 97.1 Å². The van der Waals surface area contributed by atoms with Crippen molar-refractivity contribution in [3.05, 3.63) is 30.5 Å². The molecule has 0 atom stereocenters. The van der Waals surface area contributed by atoms with Crippen LogP contribution < -0.4 is 15.4 Å². The van der Waals surface area contributed by atoms with Crippen molar-refractivity contribution in [3.8, 4) is 5.75 Å². The molecule has 8 heteroatoms. The highest BCUT2D eigenvalue weighted by Gasteiger charge is 2.11. The summed E-state index contributed by atoms with van der Waals surface area (Å²) in [6, 6.07) is 7.60. The number of aromatic nitrogens is 4. The van der Waals surface area contributed by atoms with Crippen LogP contribution in [-0.4, -0.2) is 45.1 Å². The minimum absolute atomic E-state index is 0.123. The predicted octanol–water partition coefficient (Wildman–Crippen LogP) is 1.91. The van der Waals surface area contributed by atoms with Crippen LogP contribution >= 0.6 is 0 Å². The van der Waals surface area contributed by atoms with Crippen molar-refractivity contribution >= 4 is 28.5 Å². The zero-order chi connectivity index (χ0) is 16.9. The second kappa shape index (κ2) is 7.14. The van der Waals surface area contributed by atoms with E-state index in [9.17, 15) is 0 Å². The highest BCUT2D eigenvalue weighted by atomic mass is 16.5. The SMILES string of the molecule is COc1ccc(Nc2nc(NCCCO)nc3c2cnn3C)cc1. The molecule has 8 nitrogen and oxygen atoms in total. The predicted molar refractivity (Wildman–Crippen MR) is 92.8 cm³/mol. The molecule has 126 valence electrons. The first-order chi connectivity index (χ1) is 11.7. The number of methoxy groups -OCH3 is 1. The summed E-state index contributed by atoms with van der Waals surface area (Å²) >= 11 is 0. The van der Waals surface area contributed by atoms with Crippen LogP contribution in [0.4, 0.5) is 17.5 Å². The molecular formula is C16H20N6O2. The quantitative estimate of drug-likeness (QED) is 0.570. The van der Waals surface area contributed by atoms with Gasteiger partial charge in [-0.1, -0.05) is 0 Å². The van der Waals surface area contributed by atoms with Crippen LogP contribution in [0.25, 0.3) is 11.0 Å². The fourth-order valence-electron chi connectivity index (χ4n) is 2.29. The number of fused-ring (bicyclic) bond motifs is 1. The number of rotatable bonds is 7. The summed E-state index contributed by atoms with van der Waals surface area (Å²) in [5, 5.41) is 20.4. The highest BCUT2D eigenvalue weighted by Crippen LogP contribution is 2.25. The number of aliphatic hydroxyl groups is 1. The molecule has 3 aromatic rings. The molecule has 3 N–H and O–H groups in total. The van der Waals surface area contributed by atoms with Gasteiger partial charge in [0.1, 0.15) is 11.6 Å². The molecule has 1 aromatic carbocycles. The van der Waals surface area contributed by atoms with Crippen molar-refractivity contribution in [3.63, 3.8) is 0 Å². The Hall–Kier alpha value is -2.87. The Kier molecular flexibility index (Phi) is 4.76. The summed E-state index contributed by atoms with van der Waals surface area (Å²) in [4.78, 5) is 9.00. The number of nitrogens with one attached hydrogen (secondary N) is 2. The Labute approximate surface area is 139 Å². The number of aliphatic hydroxyl groups excluding tert-OH is 1. The van der Waals surface area contributed by atoms with Gasteiger partial charge in [-0.15, -0.1) is 0 Å². The number of benzene rings is 1. The molecule has 0 unspecified atom stereocenters. The van der Waals surface area contributed by atoms with Crippen molar-refractivity contribution in [2.75, 3.05) is 30.9 Å². The van der Waals surface area contributed by atoms with Crippen LogP contribution in [0.1, 0.15) is 6.42 Å². The maximum Gasteiger partial charge on any atom is 0.226 e. The lowest BCUT2D eigenvalue weighted by Crippen LogP contribution is -2.09. The molecule has 0 radical (unpaired) electrons. The molecule has 0 aliphatic carbocycles. The molecular weight excluding hydrogens is 308 g/mol. The lowest BCUT2D eigenvalue weighted by atomic mass is 10.3. The van der Waals surface area contributed by atoms with Crippen LogP contribution in [0.3, 0.4) is 0 Å². The van der Waals surface area contributed by atoms with E-state index in [1.807, 2.05) is 31.3 Å². The third-order valence-corrected chi connectivity index (χ3v) is 3.56. The summed E-state index contributed by atoms with van der Waals surface area (Å²) in [7, 11) is 3.47. The van der Waals surface area contributed by atoms with Crippen LogP contribution in [0.5, 0.6) is 5.75 Å². The van der Waals surface area contributed by atoms with Gasteiger partial charge in [-0.2, -0.15) is 15.1 Å². The molecule has 0 aliphatic heterocycles. The first kappa shape index (κ1) is 16.0. The largest absolute Gasteiger partial charge is 0.497 e. The maximum absolute atomic E-state index is 8.90. The molecule has 0 aliphatic rings. The van der Waals surface area contributed by atoms with E-state index in [1.165, 1.54) is 0 Å². The summed E-state index contributed by atoms with van der Waals surface area (Å²) in [6.45, 7) is 0.722. The van der Waals surface area contributed by atoms with Crippen LogP contribution in [0.2, 0.25) is 0 Å². The van der Waals surface area contributed by atoms with Crippen molar-refractivity contribution in [2.24, 2.45) is 7.05 Å². The lowest BCUT2D eigenvalue weighted by molar-refractivity contribution is 0.292. The summed E-state index contributed by atoms with van der Waals surface area (Å²) < 4.78 is 6.87. The summed E-state index contributed by atoms with van der Waals surface area (Å²) in [5.74, 6) is 1.96. The zero-order valence-electron chi connectivity index (χ0n) is 13.7. The highest BCUT2D eigenvalue weighted by molar-refractivity contribution is 5.89. The third kappa shape index (κ3) is 3.38. The Morgan fingerprint density at radius 1 is 1.21 bits per heavy atom. The van der Waals surface area contributed by atoms with Gasteiger partial charge in [0, 0.05) is 25.9 Å². The Balaban J connectivity index is 1.91. The number of hydrogen-bond acceptors (Lipinski definition) is 7. The minimum Gasteiger partial charge on any atom is -0.497 e.